The Balaban J connectivity index is 1.39. The van der Waals surface area contributed by atoms with Gasteiger partial charge in [-0.3, -0.25) is 14.2 Å². The summed E-state index contributed by atoms with van der Waals surface area (Å²) in [5.74, 6) is -0.874. The third-order valence-corrected chi connectivity index (χ3v) is 7.00. The molecule has 40 heavy (non-hydrogen) atoms. The molecule has 2 aromatic carbocycles. The number of nitrogens with one attached hydrogen (secondary N) is 2. The zero-order chi connectivity index (χ0) is 28.5. The SMILES string of the molecule is CCNC(=O)CCOCCn1c(=O)oc2ccc(-c3ccc(CC(C#N)NC(=O)C4(N)CCOCC4)cc3)cc21. The van der Waals surface area contributed by atoms with Crippen LogP contribution in [0.1, 0.15) is 31.7 Å². The van der Waals surface area contributed by atoms with Gasteiger partial charge in [0.25, 0.3) is 0 Å². The number of hydrogen-bond acceptors (Lipinski definition) is 8. The molecule has 0 radical (unpaired) electrons. The molecule has 11 nitrogen and oxygen atoms in total. The fourth-order valence-electron chi connectivity index (χ4n) is 4.62. The zero-order valence-corrected chi connectivity index (χ0v) is 22.6. The van der Waals surface area contributed by atoms with Gasteiger partial charge >= 0.3 is 5.76 Å². The number of nitrogens with two attached hydrogens (primary N) is 1. The molecule has 0 bridgehead atoms. The first-order valence-electron chi connectivity index (χ1n) is 13.5. The van der Waals surface area contributed by atoms with E-state index in [9.17, 15) is 19.6 Å². The number of nitrogens with zero attached hydrogens (tertiary/aromatic N) is 2. The molecular formula is C29H35N5O6. The molecule has 2 amide bonds. The maximum absolute atomic E-state index is 12.7. The molecule has 1 aliphatic heterocycles. The third-order valence-electron chi connectivity index (χ3n) is 7.00. The van der Waals surface area contributed by atoms with Crippen molar-refractivity contribution >= 4 is 22.9 Å². The van der Waals surface area contributed by atoms with Gasteiger partial charge in [0.1, 0.15) is 6.04 Å². The second kappa shape index (κ2) is 13.4. The lowest BCUT2D eigenvalue weighted by Crippen LogP contribution is -2.58. The summed E-state index contributed by atoms with van der Waals surface area (Å²) in [4.78, 5) is 36.7. The molecule has 1 fully saturated rings. The second-order valence-corrected chi connectivity index (χ2v) is 9.84. The van der Waals surface area contributed by atoms with E-state index in [0.717, 1.165) is 16.7 Å². The van der Waals surface area contributed by atoms with Gasteiger partial charge in [0.2, 0.25) is 11.8 Å². The van der Waals surface area contributed by atoms with Gasteiger partial charge in [-0.25, -0.2) is 4.79 Å². The first-order chi connectivity index (χ1) is 19.3. The summed E-state index contributed by atoms with van der Waals surface area (Å²) in [6, 6.07) is 14.7. The highest BCUT2D eigenvalue weighted by molar-refractivity contribution is 5.86. The van der Waals surface area contributed by atoms with Gasteiger partial charge in [0.15, 0.2) is 5.58 Å². The number of fused-ring (bicyclic) bond motifs is 1. The van der Waals surface area contributed by atoms with Crippen LogP contribution in [-0.2, 0) is 32.0 Å². The Labute approximate surface area is 232 Å². The van der Waals surface area contributed by atoms with E-state index in [2.05, 4.69) is 16.7 Å². The third kappa shape index (κ3) is 7.15. The van der Waals surface area contributed by atoms with E-state index in [1.165, 1.54) is 4.57 Å². The largest absolute Gasteiger partial charge is 0.420 e. The average molecular weight is 550 g/mol. The lowest BCUT2D eigenvalue weighted by molar-refractivity contribution is -0.130. The summed E-state index contributed by atoms with van der Waals surface area (Å²) in [7, 11) is 0. The number of rotatable bonds is 12. The molecule has 3 aromatic rings. The van der Waals surface area contributed by atoms with Crippen molar-refractivity contribution in [3.8, 4) is 17.2 Å². The van der Waals surface area contributed by atoms with Crippen molar-refractivity contribution in [2.75, 3.05) is 33.0 Å². The fraction of sp³-hybridized carbons (Fsp3) is 0.448. The minimum absolute atomic E-state index is 0.0732. The highest BCUT2D eigenvalue weighted by Crippen LogP contribution is 2.25. The van der Waals surface area contributed by atoms with Crippen molar-refractivity contribution in [2.24, 2.45) is 5.73 Å². The Bertz CT molecular complexity index is 1420. The minimum atomic E-state index is -1.01. The van der Waals surface area contributed by atoms with Crippen molar-refractivity contribution < 1.29 is 23.5 Å². The van der Waals surface area contributed by atoms with Crippen LogP contribution in [0, 0.1) is 11.3 Å². The van der Waals surface area contributed by atoms with Crippen molar-refractivity contribution in [1.82, 2.24) is 15.2 Å². The van der Waals surface area contributed by atoms with Crippen LogP contribution in [0.4, 0.5) is 0 Å². The van der Waals surface area contributed by atoms with Crippen LogP contribution in [-0.4, -0.2) is 60.9 Å². The van der Waals surface area contributed by atoms with E-state index >= 15 is 0 Å². The minimum Gasteiger partial charge on any atom is -0.408 e. The maximum atomic E-state index is 12.7. The molecule has 1 aromatic heterocycles. The topological polar surface area (TPSA) is 162 Å². The predicted molar refractivity (Wildman–Crippen MR) is 148 cm³/mol. The number of oxazole rings is 1. The number of hydrogen-bond donors (Lipinski definition) is 3. The number of nitriles is 1. The summed E-state index contributed by atoms with van der Waals surface area (Å²) in [6.45, 7) is 4.11. The molecule has 1 atom stereocenters. The van der Waals surface area contributed by atoms with E-state index in [4.69, 9.17) is 19.6 Å². The van der Waals surface area contributed by atoms with Gasteiger partial charge in [-0.05, 0) is 48.6 Å². The number of aromatic nitrogens is 1. The van der Waals surface area contributed by atoms with Crippen molar-refractivity contribution in [1.29, 1.82) is 5.26 Å². The van der Waals surface area contributed by atoms with Crippen LogP contribution in [0.5, 0.6) is 0 Å². The second-order valence-electron chi connectivity index (χ2n) is 9.84. The maximum Gasteiger partial charge on any atom is 0.420 e. The van der Waals surface area contributed by atoms with E-state index in [-0.39, 0.29) is 31.4 Å². The van der Waals surface area contributed by atoms with E-state index in [1.54, 1.807) is 6.07 Å². The van der Waals surface area contributed by atoms with Crippen LogP contribution in [0.3, 0.4) is 0 Å². The quantitative estimate of drug-likeness (QED) is 0.289. The number of benzene rings is 2. The molecular weight excluding hydrogens is 514 g/mol. The molecule has 0 aliphatic carbocycles. The number of ether oxygens (including phenoxy) is 2. The van der Waals surface area contributed by atoms with Crippen LogP contribution >= 0.6 is 0 Å². The molecule has 0 saturated carbocycles. The standard InChI is InChI=1S/C29H35N5O6/c1-2-32-26(35)9-13-38-16-12-34-24-18-22(7-8-25(24)40-28(34)37)21-5-3-20(4-6-21)17-23(19-30)33-27(36)29(31)10-14-39-15-11-29/h3-8,18,23H,2,9-17,31H2,1H3,(H,32,35)(H,33,36). The van der Waals surface area contributed by atoms with Crippen LogP contribution in [0.15, 0.2) is 51.7 Å². The number of carbonyl (C=O) groups excluding carboxylic acids is 2. The van der Waals surface area contributed by atoms with E-state index in [1.807, 2.05) is 43.3 Å². The Morgan fingerprint density at radius 3 is 2.58 bits per heavy atom. The predicted octanol–water partition coefficient (Wildman–Crippen LogP) is 1.86. The Morgan fingerprint density at radius 1 is 1.15 bits per heavy atom. The molecule has 4 N–H and O–H groups in total. The van der Waals surface area contributed by atoms with Gasteiger partial charge in [0.05, 0.1) is 36.9 Å². The molecule has 1 unspecified atom stereocenters. The van der Waals surface area contributed by atoms with Gasteiger partial charge in [-0.15, -0.1) is 0 Å². The summed E-state index contributed by atoms with van der Waals surface area (Å²) in [5, 5.41) is 15.1. The molecule has 1 aliphatic rings. The summed E-state index contributed by atoms with van der Waals surface area (Å²) in [6.07, 6.45) is 1.45. The first-order valence-corrected chi connectivity index (χ1v) is 13.5. The molecule has 2 heterocycles. The van der Waals surface area contributed by atoms with Crippen LogP contribution in [0.25, 0.3) is 22.2 Å². The smallest absolute Gasteiger partial charge is 0.408 e. The van der Waals surface area contributed by atoms with Gasteiger partial charge in [0, 0.05) is 32.6 Å². The molecule has 1 saturated heterocycles. The van der Waals surface area contributed by atoms with Crippen molar-refractivity contribution in [3.05, 3.63) is 58.6 Å². The van der Waals surface area contributed by atoms with E-state index < -0.39 is 17.3 Å². The Kier molecular flexibility index (Phi) is 9.71. The lowest BCUT2D eigenvalue weighted by Gasteiger charge is -2.32. The fourth-order valence-corrected chi connectivity index (χ4v) is 4.62. The van der Waals surface area contributed by atoms with E-state index in [0.29, 0.717) is 56.7 Å². The molecule has 212 valence electrons. The molecule has 0 spiro atoms. The normalized spacial score (nSPS) is 15.3. The van der Waals surface area contributed by atoms with Crippen LogP contribution in [0.2, 0.25) is 0 Å². The zero-order valence-electron chi connectivity index (χ0n) is 22.6. The van der Waals surface area contributed by atoms with Gasteiger partial charge in [-0.2, -0.15) is 5.26 Å². The Hall–Kier alpha value is -3.98. The van der Waals surface area contributed by atoms with Crippen molar-refractivity contribution in [2.45, 2.75) is 50.7 Å². The molecule has 11 heteroatoms. The Morgan fingerprint density at radius 2 is 1.88 bits per heavy atom. The summed E-state index contributed by atoms with van der Waals surface area (Å²) < 4.78 is 17.7. The number of carbonyl (C=O) groups is 2. The first kappa shape index (κ1) is 29.0. The average Bonchev–Trinajstić information content (AvgIpc) is 3.27. The number of amides is 2. The lowest BCUT2D eigenvalue weighted by atomic mass is 9.90. The highest BCUT2D eigenvalue weighted by Gasteiger charge is 2.36. The van der Waals surface area contributed by atoms with Crippen molar-refractivity contribution in [3.63, 3.8) is 0 Å². The summed E-state index contributed by atoms with van der Waals surface area (Å²) in [5.41, 5.74) is 9.05. The molecule has 4 rings (SSSR count). The highest BCUT2D eigenvalue weighted by atomic mass is 16.5. The van der Waals surface area contributed by atoms with Gasteiger partial charge in [-0.1, -0.05) is 30.3 Å². The monoisotopic (exact) mass is 549 g/mol. The van der Waals surface area contributed by atoms with Gasteiger partial charge < -0.3 is 30.3 Å². The summed E-state index contributed by atoms with van der Waals surface area (Å²) >= 11 is 0. The van der Waals surface area contributed by atoms with Crippen LogP contribution < -0.4 is 22.1 Å².